The third kappa shape index (κ3) is 2.85. The lowest BCUT2D eigenvalue weighted by Gasteiger charge is -2.28. The number of fused-ring (bicyclic) bond motifs is 1. The van der Waals surface area contributed by atoms with Gasteiger partial charge in [-0.05, 0) is 18.8 Å². The second-order valence-corrected chi connectivity index (χ2v) is 6.49. The highest BCUT2D eigenvalue weighted by Gasteiger charge is 2.22. The van der Waals surface area contributed by atoms with Crippen molar-refractivity contribution in [2.75, 3.05) is 6.61 Å². The van der Waals surface area contributed by atoms with Crippen LogP contribution in [0.4, 0.5) is 0 Å². The molecule has 0 amide bonds. The fourth-order valence-corrected chi connectivity index (χ4v) is 3.40. The molecule has 23 heavy (non-hydrogen) atoms. The van der Waals surface area contributed by atoms with Gasteiger partial charge in [0.25, 0.3) is 5.56 Å². The van der Waals surface area contributed by atoms with Gasteiger partial charge in [-0.2, -0.15) is 0 Å². The summed E-state index contributed by atoms with van der Waals surface area (Å²) in [5.41, 5.74) is 0.200. The summed E-state index contributed by atoms with van der Waals surface area (Å²) < 4.78 is 10.3. The first-order valence-corrected chi connectivity index (χ1v) is 8.23. The van der Waals surface area contributed by atoms with E-state index in [1.165, 1.54) is 30.9 Å². The van der Waals surface area contributed by atoms with E-state index in [1.54, 1.807) is 17.9 Å². The monoisotopic (exact) mass is 320 g/mol. The molecule has 0 aromatic carbocycles. The second-order valence-electron chi connectivity index (χ2n) is 6.49. The van der Waals surface area contributed by atoms with Crippen LogP contribution in [-0.4, -0.2) is 31.4 Å². The molecule has 2 aromatic heterocycles. The van der Waals surface area contributed by atoms with Crippen LogP contribution in [0.1, 0.15) is 32.6 Å². The lowest BCUT2D eigenvalue weighted by molar-refractivity contribution is -0.00809. The highest BCUT2D eigenvalue weighted by molar-refractivity contribution is 5.69. The molecule has 2 atom stereocenters. The van der Waals surface area contributed by atoms with Gasteiger partial charge in [0.05, 0.1) is 19.0 Å². The largest absolute Gasteiger partial charge is 0.376 e. The molecule has 3 rings (SSSR count). The summed E-state index contributed by atoms with van der Waals surface area (Å²) in [6.07, 6.45) is 6.77. The number of aromatic nitrogens is 4. The summed E-state index contributed by atoms with van der Waals surface area (Å²) in [6.45, 7) is 3.35. The number of rotatable bonds is 4. The smallest absolute Gasteiger partial charge is 0.332 e. The molecule has 1 aliphatic carbocycles. The first-order valence-electron chi connectivity index (χ1n) is 8.23. The van der Waals surface area contributed by atoms with Gasteiger partial charge >= 0.3 is 5.69 Å². The van der Waals surface area contributed by atoms with Gasteiger partial charge in [0, 0.05) is 20.6 Å². The van der Waals surface area contributed by atoms with Crippen molar-refractivity contribution >= 4 is 11.2 Å². The predicted octanol–water partition coefficient (Wildman–Crippen LogP) is 1.03. The summed E-state index contributed by atoms with van der Waals surface area (Å²) in [6, 6.07) is 0. The number of ether oxygens (including phenoxy) is 1. The number of hydrogen-bond acceptors (Lipinski definition) is 4. The van der Waals surface area contributed by atoms with E-state index in [0.29, 0.717) is 36.3 Å². The molecule has 0 N–H and O–H groups in total. The van der Waals surface area contributed by atoms with Crippen LogP contribution >= 0.6 is 0 Å². The van der Waals surface area contributed by atoms with E-state index in [-0.39, 0.29) is 11.2 Å². The van der Waals surface area contributed by atoms with E-state index in [1.807, 2.05) is 0 Å². The second kappa shape index (κ2) is 6.31. The summed E-state index contributed by atoms with van der Waals surface area (Å²) >= 11 is 0. The minimum Gasteiger partial charge on any atom is -0.376 e. The van der Waals surface area contributed by atoms with E-state index in [9.17, 15) is 9.59 Å². The Balaban J connectivity index is 1.79. The molecule has 1 saturated carbocycles. The third-order valence-corrected chi connectivity index (χ3v) is 4.91. The zero-order valence-electron chi connectivity index (χ0n) is 14.0. The van der Waals surface area contributed by atoms with Crippen LogP contribution in [0.3, 0.4) is 0 Å². The van der Waals surface area contributed by atoms with E-state index < -0.39 is 0 Å². The van der Waals surface area contributed by atoms with Crippen LogP contribution in [0.5, 0.6) is 0 Å². The molecule has 0 radical (unpaired) electrons. The van der Waals surface area contributed by atoms with Crippen molar-refractivity contribution in [1.29, 1.82) is 0 Å². The number of hydrogen-bond donors (Lipinski definition) is 0. The highest BCUT2D eigenvalue weighted by atomic mass is 16.5. The van der Waals surface area contributed by atoms with Gasteiger partial charge in [-0.25, -0.2) is 9.78 Å². The zero-order chi connectivity index (χ0) is 16.6. The molecule has 1 aliphatic rings. The highest BCUT2D eigenvalue weighted by Crippen LogP contribution is 2.26. The van der Waals surface area contributed by atoms with Crippen LogP contribution < -0.4 is 11.2 Å². The molecule has 0 saturated heterocycles. The number of nitrogens with zero attached hydrogens (tertiary/aromatic N) is 4. The quantitative estimate of drug-likeness (QED) is 0.843. The normalized spacial score (nSPS) is 21.9. The first kappa shape index (κ1) is 16.0. The Labute approximate surface area is 134 Å². The molecule has 0 bridgehead atoms. The Hall–Kier alpha value is -1.89. The van der Waals surface area contributed by atoms with Crippen molar-refractivity contribution in [2.24, 2.45) is 20.0 Å². The van der Waals surface area contributed by atoms with Gasteiger partial charge in [-0.15, -0.1) is 0 Å². The van der Waals surface area contributed by atoms with Crippen LogP contribution in [0.15, 0.2) is 15.9 Å². The van der Waals surface area contributed by atoms with Crippen molar-refractivity contribution in [1.82, 2.24) is 18.7 Å². The van der Waals surface area contributed by atoms with Gasteiger partial charge in [0.2, 0.25) is 0 Å². The molecule has 1 fully saturated rings. The van der Waals surface area contributed by atoms with Crippen molar-refractivity contribution in [3.63, 3.8) is 0 Å². The topological polar surface area (TPSA) is 71.1 Å². The Kier molecular flexibility index (Phi) is 4.39. The minimum atomic E-state index is -0.361. The molecule has 0 aliphatic heterocycles. The van der Waals surface area contributed by atoms with E-state index >= 15 is 0 Å². The van der Waals surface area contributed by atoms with E-state index in [0.717, 1.165) is 11.0 Å². The molecule has 0 spiro atoms. The van der Waals surface area contributed by atoms with Gasteiger partial charge < -0.3 is 9.30 Å². The van der Waals surface area contributed by atoms with Crippen LogP contribution in [0.25, 0.3) is 11.2 Å². The average Bonchev–Trinajstić information content (AvgIpc) is 2.97. The first-order chi connectivity index (χ1) is 11.0. The van der Waals surface area contributed by atoms with Crippen LogP contribution in [-0.2, 0) is 25.4 Å². The van der Waals surface area contributed by atoms with E-state index in [2.05, 4.69) is 11.9 Å². The van der Waals surface area contributed by atoms with Gasteiger partial charge in [0.1, 0.15) is 0 Å². The van der Waals surface area contributed by atoms with Crippen LogP contribution in [0, 0.1) is 5.92 Å². The fraction of sp³-hybridized carbons (Fsp3) is 0.688. The average molecular weight is 320 g/mol. The summed E-state index contributed by atoms with van der Waals surface area (Å²) in [7, 11) is 3.11. The summed E-state index contributed by atoms with van der Waals surface area (Å²) in [5, 5.41) is 0. The van der Waals surface area contributed by atoms with Crippen molar-refractivity contribution < 1.29 is 4.74 Å². The van der Waals surface area contributed by atoms with E-state index in [4.69, 9.17) is 4.74 Å². The standard InChI is InChI=1S/C16H24N4O3/c1-11-6-4-5-7-12(11)23-9-8-20-10-17-14-13(20)15(21)19(3)16(22)18(14)2/h10-12H,4-9H2,1-3H3/t11-,12+/m0/s1. The molecule has 0 unspecified atom stereocenters. The molecule has 7 heteroatoms. The van der Waals surface area contributed by atoms with Gasteiger partial charge in [0.15, 0.2) is 11.2 Å². The van der Waals surface area contributed by atoms with Gasteiger partial charge in [-0.3, -0.25) is 13.9 Å². The molecule has 7 nitrogen and oxygen atoms in total. The lowest BCUT2D eigenvalue weighted by atomic mass is 9.88. The minimum absolute atomic E-state index is 0.311. The summed E-state index contributed by atoms with van der Waals surface area (Å²) in [5.74, 6) is 0.594. The Bertz CT molecular complexity index is 817. The van der Waals surface area contributed by atoms with Gasteiger partial charge in [-0.1, -0.05) is 19.8 Å². The maximum absolute atomic E-state index is 12.3. The number of aryl methyl sites for hydroxylation is 1. The zero-order valence-corrected chi connectivity index (χ0v) is 14.0. The summed E-state index contributed by atoms with van der Waals surface area (Å²) in [4.78, 5) is 28.5. The molecule has 126 valence electrons. The van der Waals surface area contributed by atoms with Crippen molar-refractivity contribution in [2.45, 2.75) is 45.3 Å². The number of imidazole rings is 1. The Morgan fingerprint density at radius 3 is 2.70 bits per heavy atom. The maximum atomic E-state index is 12.3. The fourth-order valence-electron chi connectivity index (χ4n) is 3.40. The van der Waals surface area contributed by atoms with Crippen molar-refractivity contribution in [3.05, 3.63) is 27.2 Å². The van der Waals surface area contributed by atoms with Crippen LogP contribution in [0.2, 0.25) is 0 Å². The maximum Gasteiger partial charge on any atom is 0.332 e. The molecular formula is C16H24N4O3. The SMILES string of the molecule is C[C@H]1CCCC[C@H]1OCCn1cnc2c1c(=O)n(C)c(=O)n2C. The molecule has 2 aromatic rings. The lowest BCUT2D eigenvalue weighted by Crippen LogP contribution is -2.37. The Morgan fingerprint density at radius 1 is 1.22 bits per heavy atom. The van der Waals surface area contributed by atoms with Crippen molar-refractivity contribution in [3.8, 4) is 0 Å². The molecule has 2 heterocycles. The predicted molar refractivity (Wildman–Crippen MR) is 87.6 cm³/mol. The third-order valence-electron chi connectivity index (χ3n) is 4.91. The Morgan fingerprint density at radius 2 is 1.96 bits per heavy atom. The molecular weight excluding hydrogens is 296 g/mol.